The van der Waals surface area contributed by atoms with Gasteiger partial charge >= 0.3 is 0 Å². The summed E-state index contributed by atoms with van der Waals surface area (Å²) >= 11 is 11.1. The van der Waals surface area contributed by atoms with Crippen molar-refractivity contribution in [1.82, 2.24) is 0 Å². The van der Waals surface area contributed by atoms with Crippen molar-refractivity contribution in [2.24, 2.45) is 0 Å². The van der Waals surface area contributed by atoms with Crippen molar-refractivity contribution < 1.29 is 0 Å². The van der Waals surface area contributed by atoms with Gasteiger partial charge < -0.3 is 0 Å². The third kappa shape index (κ3) is 2.95. The van der Waals surface area contributed by atoms with Crippen molar-refractivity contribution in [2.75, 3.05) is 0 Å². The van der Waals surface area contributed by atoms with E-state index in [4.69, 9.17) is 23.2 Å². The zero-order valence-electron chi connectivity index (χ0n) is 4.46. The van der Waals surface area contributed by atoms with E-state index in [9.17, 15) is 0 Å². The van der Waals surface area contributed by atoms with Crippen LogP contribution in [0.15, 0.2) is 11.6 Å². The van der Waals surface area contributed by atoms with E-state index in [0.717, 1.165) is 0 Å². The van der Waals surface area contributed by atoms with Crippen LogP contribution in [-0.2, 0) is 0 Å². The highest BCUT2D eigenvalue weighted by Gasteiger charge is 2.14. The predicted octanol–water partition coefficient (Wildman–Crippen LogP) is 2.76. The van der Waals surface area contributed by atoms with Gasteiger partial charge in [0.1, 0.15) is 0 Å². The van der Waals surface area contributed by atoms with Gasteiger partial charge in [-0.25, -0.2) is 0 Å². The Labute approximate surface area is 54.1 Å². The fourth-order valence-electron chi connectivity index (χ4n) is 0. The molecule has 0 rings (SSSR count). The molecule has 0 nitrogen and oxygen atoms in total. The van der Waals surface area contributed by atoms with Gasteiger partial charge in [0.05, 0.1) is 4.87 Å². The summed E-state index contributed by atoms with van der Waals surface area (Å²) in [6.45, 7) is 7.05. The summed E-state index contributed by atoms with van der Waals surface area (Å²) in [6, 6.07) is 0. The first-order valence-electron chi connectivity index (χ1n) is 1.98. The second-order valence-electron chi connectivity index (χ2n) is 1.88. The topological polar surface area (TPSA) is 0 Å². The van der Waals surface area contributed by atoms with E-state index in [1.165, 1.54) is 0 Å². The predicted molar refractivity (Wildman–Crippen MR) is 34.9 cm³/mol. The van der Waals surface area contributed by atoms with Crippen molar-refractivity contribution in [3.63, 3.8) is 0 Å². The molecule has 0 aromatic rings. The maximum Gasteiger partial charge on any atom is 0.0739 e. The van der Waals surface area contributed by atoms with Crippen molar-refractivity contribution in [3.8, 4) is 0 Å². The van der Waals surface area contributed by atoms with Crippen LogP contribution in [0.3, 0.4) is 0 Å². The van der Waals surface area contributed by atoms with Crippen LogP contribution in [-0.4, -0.2) is 4.87 Å². The molecule has 0 saturated heterocycles. The molecule has 0 amide bonds. The molecule has 0 aliphatic rings. The van der Waals surface area contributed by atoms with E-state index in [1.807, 2.05) is 0 Å². The molecule has 0 spiro atoms. The molecule has 0 fully saturated rings. The van der Waals surface area contributed by atoms with Crippen molar-refractivity contribution in [2.45, 2.75) is 18.7 Å². The number of allylic oxidation sites excluding steroid dienone is 1. The first-order chi connectivity index (χ1) is 2.94. The van der Waals surface area contributed by atoms with Gasteiger partial charge in [-0.05, 0) is 13.8 Å². The van der Waals surface area contributed by atoms with Gasteiger partial charge in [0.25, 0.3) is 0 Å². The van der Waals surface area contributed by atoms with Crippen LogP contribution in [0.5, 0.6) is 0 Å². The summed E-state index contributed by atoms with van der Waals surface area (Å²) in [5.41, 5.74) is 0. The molecule has 0 heterocycles. The van der Waals surface area contributed by atoms with Gasteiger partial charge in [0.2, 0.25) is 0 Å². The highest BCUT2D eigenvalue weighted by Crippen LogP contribution is 2.24. The van der Waals surface area contributed by atoms with Gasteiger partial charge in [-0.15, -0.1) is 11.6 Å². The Kier molecular flexibility index (Phi) is 2.15. The SMILES string of the molecule is C=C(Cl)C(C)(C)Cl. The molecule has 0 aromatic heterocycles. The quantitative estimate of drug-likeness (QED) is 0.490. The summed E-state index contributed by atoms with van der Waals surface area (Å²) in [7, 11) is 0. The maximum absolute atomic E-state index is 5.64. The number of hydrogen-bond donors (Lipinski definition) is 0. The Morgan fingerprint density at radius 1 is 1.57 bits per heavy atom. The van der Waals surface area contributed by atoms with E-state index >= 15 is 0 Å². The van der Waals surface area contributed by atoms with Crippen LogP contribution in [0.4, 0.5) is 0 Å². The molecule has 0 bridgehead atoms. The van der Waals surface area contributed by atoms with Crippen LogP contribution in [0.25, 0.3) is 0 Å². The summed E-state index contributed by atoms with van der Waals surface area (Å²) < 4.78 is 0. The minimum Gasteiger partial charge on any atom is -0.114 e. The van der Waals surface area contributed by atoms with Gasteiger partial charge in [-0.2, -0.15) is 0 Å². The van der Waals surface area contributed by atoms with Crippen molar-refractivity contribution in [1.29, 1.82) is 0 Å². The minimum absolute atomic E-state index is 0.457. The summed E-state index contributed by atoms with van der Waals surface area (Å²) in [5, 5.41) is 0.481. The Bertz CT molecular complexity index is 78.6. The fourth-order valence-corrected chi connectivity index (χ4v) is 0. The maximum atomic E-state index is 5.64. The second-order valence-corrected chi connectivity index (χ2v) is 3.28. The third-order valence-corrected chi connectivity index (χ3v) is 1.44. The summed E-state index contributed by atoms with van der Waals surface area (Å²) in [6.07, 6.45) is 0. The highest BCUT2D eigenvalue weighted by molar-refractivity contribution is 6.38. The smallest absolute Gasteiger partial charge is 0.0739 e. The molecule has 0 aromatic carbocycles. The number of halogens is 2. The normalized spacial score (nSPS) is 11.4. The number of hydrogen-bond acceptors (Lipinski definition) is 0. The van der Waals surface area contributed by atoms with Crippen LogP contribution >= 0.6 is 23.2 Å². The summed E-state index contributed by atoms with van der Waals surface area (Å²) in [4.78, 5) is -0.457. The zero-order valence-corrected chi connectivity index (χ0v) is 5.97. The first-order valence-corrected chi connectivity index (χ1v) is 2.74. The van der Waals surface area contributed by atoms with Gasteiger partial charge in [-0.1, -0.05) is 18.2 Å². The average molecular weight is 139 g/mol. The molecular weight excluding hydrogens is 131 g/mol. The molecule has 42 valence electrons. The molecular formula is C5H8Cl2. The Hall–Kier alpha value is 0.320. The highest BCUT2D eigenvalue weighted by atomic mass is 35.5. The van der Waals surface area contributed by atoms with Gasteiger partial charge in [0, 0.05) is 5.03 Å². The molecule has 0 aliphatic heterocycles. The standard InChI is InChI=1S/C5H8Cl2/c1-4(6)5(2,3)7/h1H2,2-3H3. The molecule has 0 radical (unpaired) electrons. The molecule has 0 aliphatic carbocycles. The van der Waals surface area contributed by atoms with Crippen molar-refractivity contribution >= 4 is 23.2 Å². The van der Waals surface area contributed by atoms with Crippen LogP contribution < -0.4 is 0 Å². The van der Waals surface area contributed by atoms with E-state index in [-0.39, 0.29) is 0 Å². The van der Waals surface area contributed by atoms with E-state index in [2.05, 4.69) is 6.58 Å². The monoisotopic (exact) mass is 138 g/mol. The van der Waals surface area contributed by atoms with E-state index in [0.29, 0.717) is 5.03 Å². The molecule has 0 N–H and O–H groups in total. The lowest BCUT2D eigenvalue weighted by Gasteiger charge is -2.11. The minimum atomic E-state index is -0.457. The first kappa shape index (κ1) is 7.32. The van der Waals surface area contributed by atoms with Crippen molar-refractivity contribution in [3.05, 3.63) is 11.6 Å². The molecule has 2 heteroatoms. The molecule has 7 heavy (non-hydrogen) atoms. The lowest BCUT2D eigenvalue weighted by atomic mass is 10.2. The van der Waals surface area contributed by atoms with E-state index in [1.54, 1.807) is 13.8 Å². The largest absolute Gasteiger partial charge is 0.114 e. The van der Waals surface area contributed by atoms with E-state index < -0.39 is 4.87 Å². The third-order valence-electron chi connectivity index (χ3n) is 0.645. The number of alkyl halides is 1. The summed E-state index contributed by atoms with van der Waals surface area (Å²) in [5.74, 6) is 0. The van der Waals surface area contributed by atoms with Gasteiger partial charge in [-0.3, -0.25) is 0 Å². The molecule has 0 atom stereocenters. The Morgan fingerprint density at radius 2 is 1.71 bits per heavy atom. The zero-order chi connectivity index (χ0) is 6.08. The van der Waals surface area contributed by atoms with Crippen LogP contribution in [0, 0.1) is 0 Å². The van der Waals surface area contributed by atoms with Crippen LogP contribution in [0.2, 0.25) is 0 Å². The molecule has 0 unspecified atom stereocenters. The molecule has 0 saturated carbocycles. The van der Waals surface area contributed by atoms with Gasteiger partial charge in [0.15, 0.2) is 0 Å². The lowest BCUT2D eigenvalue weighted by Crippen LogP contribution is -2.07. The average Bonchev–Trinajstić information content (AvgIpc) is 1.31. The lowest BCUT2D eigenvalue weighted by molar-refractivity contribution is 0.867. The number of rotatable bonds is 1. The second kappa shape index (κ2) is 2.06. The Balaban J connectivity index is 3.79. The van der Waals surface area contributed by atoms with Crippen LogP contribution in [0.1, 0.15) is 13.8 Å². The Morgan fingerprint density at radius 3 is 1.71 bits per heavy atom. The fraction of sp³-hybridized carbons (Fsp3) is 0.600.